The second kappa shape index (κ2) is 6.59. The average Bonchev–Trinajstić information content (AvgIpc) is 2.94. The molecule has 0 radical (unpaired) electrons. The summed E-state index contributed by atoms with van der Waals surface area (Å²) in [6.45, 7) is 4.51. The van der Waals surface area contributed by atoms with Gasteiger partial charge in [-0.3, -0.25) is 4.79 Å². The summed E-state index contributed by atoms with van der Waals surface area (Å²) in [7, 11) is 0. The fourth-order valence-electron chi connectivity index (χ4n) is 2.02. The maximum Gasteiger partial charge on any atom is 0.268 e. The molecule has 1 atom stereocenters. The molecule has 1 heterocycles. The van der Waals surface area contributed by atoms with Crippen molar-refractivity contribution in [2.24, 2.45) is 0 Å². The van der Waals surface area contributed by atoms with E-state index >= 15 is 0 Å². The number of amides is 1. The molecule has 0 aliphatic heterocycles. The summed E-state index contributed by atoms with van der Waals surface area (Å²) >= 11 is 0. The van der Waals surface area contributed by atoms with Crippen LogP contribution in [-0.4, -0.2) is 27.7 Å². The van der Waals surface area contributed by atoms with Gasteiger partial charge in [-0.2, -0.15) is 0 Å². The summed E-state index contributed by atoms with van der Waals surface area (Å²) in [5.74, 6) is -0.162. The van der Waals surface area contributed by atoms with E-state index in [1.165, 1.54) is 0 Å². The summed E-state index contributed by atoms with van der Waals surface area (Å²) in [6.07, 6.45) is 2.48. The molecule has 2 aromatic rings. The molecule has 0 saturated heterocycles. The van der Waals surface area contributed by atoms with E-state index in [1.807, 2.05) is 54.1 Å². The van der Waals surface area contributed by atoms with Gasteiger partial charge in [0.25, 0.3) is 5.91 Å². The van der Waals surface area contributed by atoms with Gasteiger partial charge in [0.15, 0.2) is 0 Å². The first-order valence-electron chi connectivity index (χ1n) is 7.21. The van der Waals surface area contributed by atoms with Crippen LogP contribution in [0.3, 0.4) is 0 Å². The Morgan fingerprint density at radius 1 is 1.24 bits per heavy atom. The lowest BCUT2D eigenvalue weighted by atomic mass is 10.0. The normalized spacial score (nSPS) is 13.7. The van der Waals surface area contributed by atoms with Crippen LogP contribution in [0.15, 0.2) is 48.7 Å². The Balaban J connectivity index is 2.04. The predicted octanol–water partition coefficient (Wildman–Crippen LogP) is 2.43. The molecule has 0 saturated carbocycles. The van der Waals surface area contributed by atoms with Crippen LogP contribution in [0.25, 0.3) is 0 Å². The van der Waals surface area contributed by atoms with E-state index in [1.54, 1.807) is 13.0 Å². The zero-order chi connectivity index (χ0) is 15.3. The highest BCUT2D eigenvalue weighted by Crippen LogP contribution is 2.10. The summed E-state index contributed by atoms with van der Waals surface area (Å²) in [5, 5.41) is 12.7. The van der Waals surface area contributed by atoms with E-state index in [0.29, 0.717) is 18.7 Å². The molecule has 1 aromatic carbocycles. The third-order valence-electron chi connectivity index (χ3n) is 3.65. The number of benzene rings is 1. The van der Waals surface area contributed by atoms with Crippen LogP contribution in [0, 0.1) is 0 Å². The van der Waals surface area contributed by atoms with Gasteiger partial charge >= 0.3 is 0 Å². The van der Waals surface area contributed by atoms with Gasteiger partial charge in [0.05, 0.1) is 5.60 Å². The first-order chi connectivity index (χ1) is 10.0. The number of nitrogens with zero attached hydrogens (tertiary/aromatic N) is 1. The maximum atomic E-state index is 12.2. The van der Waals surface area contributed by atoms with E-state index < -0.39 is 5.60 Å². The van der Waals surface area contributed by atoms with E-state index in [0.717, 1.165) is 5.56 Å². The molecule has 2 N–H and O–H groups in total. The molecular formula is C17H22N2O2. The lowest BCUT2D eigenvalue weighted by Gasteiger charge is -2.21. The fourth-order valence-corrected chi connectivity index (χ4v) is 2.02. The van der Waals surface area contributed by atoms with Gasteiger partial charge in [-0.25, -0.2) is 0 Å². The molecule has 2 rings (SSSR count). The van der Waals surface area contributed by atoms with Crippen molar-refractivity contribution in [1.29, 1.82) is 0 Å². The van der Waals surface area contributed by atoms with Crippen LogP contribution in [0.2, 0.25) is 0 Å². The zero-order valence-corrected chi connectivity index (χ0v) is 12.5. The van der Waals surface area contributed by atoms with Gasteiger partial charge in [0.1, 0.15) is 5.69 Å². The average molecular weight is 286 g/mol. The summed E-state index contributed by atoms with van der Waals surface area (Å²) in [4.78, 5) is 12.2. The van der Waals surface area contributed by atoms with E-state index in [9.17, 15) is 9.90 Å². The number of hydrogen-bond acceptors (Lipinski definition) is 2. The first kappa shape index (κ1) is 15.3. The fraction of sp³-hybridized carbons (Fsp3) is 0.353. The van der Waals surface area contributed by atoms with Crippen molar-refractivity contribution >= 4 is 5.91 Å². The number of carbonyl (C=O) groups is 1. The Labute approximate surface area is 125 Å². The third kappa shape index (κ3) is 4.20. The molecule has 112 valence electrons. The Kier molecular flexibility index (Phi) is 4.81. The molecule has 0 bridgehead atoms. The molecule has 0 aliphatic carbocycles. The molecule has 1 aromatic heterocycles. The monoisotopic (exact) mass is 286 g/mol. The molecule has 21 heavy (non-hydrogen) atoms. The number of nitrogens with one attached hydrogen (secondary N) is 1. The van der Waals surface area contributed by atoms with Gasteiger partial charge in [0.2, 0.25) is 0 Å². The van der Waals surface area contributed by atoms with Crippen molar-refractivity contribution in [3.05, 3.63) is 59.9 Å². The van der Waals surface area contributed by atoms with Gasteiger partial charge in [-0.1, -0.05) is 37.3 Å². The van der Waals surface area contributed by atoms with Crippen molar-refractivity contribution in [2.75, 3.05) is 6.54 Å². The van der Waals surface area contributed by atoms with Gasteiger partial charge < -0.3 is 15.0 Å². The van der Waals surface area contributed by atoms with Crippen LogP contribution in [-0.2, 0) is 6.54 Å². The predicted molar refractivity (Wildman–Crippen MR) is 83.2 cm³/mol. The number of hydrogen-bond donors (Lipinski definition) is 2. The van der Waals surface area contributed by atoms with Crippen molar-refractivity contribution in [2.45, 2.75) is 32.4 Å². The summed E-state index contributed by atoms with van der Waals surface area (Å²) in [5.41, 5.74) is 0.876. The molecule has 1 unspecified atom stereocenters. The molecule has 0 aliphatic rings. The van der Waals surface area contributed by atoms with Crippen molar-refractivity contribution < 1.29 is 9.90 Å². The van der Waals surface area contributed by atoms with Crippen molar-refractivity contribution in [1.82, 2.24) is 9.88 Å². The molecule has 4 nitrogen and oxygen atoms in total. The van der Waals surface area contributed by atoms with Gasteiger partial charge in [-0.15, -0.1) is 0 Å². The smallest absolute Gasteiger partial charge is 0.268 e. The largest absolute Gasteiger partial charge is 0.388 e. The Morgan fingerprint density at radius 3 is 2.62 bits per heavy atom. The number of aliphatic hydroxyl groups is 1. The Morgan fingerprint density at radius 2 is 1.95 bits per heavy atom. The third-order valence-corrected chi connectivity index (χ3v) is 3.65. The number of aromatic nitrogens is 1. The lowest BCUT2D eigenvalue weighted by molar-refractivity contribution is 0.0516. The minimum absolute atomic E-state index is 0.162. The van der Waals surface area contributed by atoms with Crippen LogP contribution in [0.4, 0.5) is 0 Å². The first-order valence-corrected chi connectivity index (χ1v) is 7.21. The second-order valence-corrected chi connectivity index (χ2v) is 5.54. The topological polar surface area (TPSA) is 54.3 Å². The quantitative estimate of drug-likeness (QED) is 0.857. The molecule has 1 amide bonds. The number of rotatable bonds is 6. The van der Waals surface area contributed by atoms with Crippen LogP contribution >= 0.6 is 0 Å². The Hall–Kier alpha value is -2.07. The molecule has 4 heteroatoms. The maximum absolute atomic E-state index is 12.2. The highest BCUT2D eigenvalue weighted by molar-refractivity contribution is 5.92. The highest BCUT2D eigenvalue weighted by Gasteiger charge is 2.19. The molecule has 0 spiro atoms. The minimum atomic E-state index is -0.869. The van der Waals surface area contributed by atoms with Crippen LogP contribution < -0.4 is 5.32 Å². The van der Waals surface area contributed by atoms with Crippen LogP contribution in [0.1, 0.15) is 36.3 Å². The summed E-state index contributed by atoms with van der Waals surface area (Å²) < 4.78 is 1.91. The SMILES string of the molecule is CCC(C)(O)CNC(=O)c1cccn1Cc1ccccc1. The highest BCUT2D eigenvalue weighted by atomic mass is 16.3. The Bertz CT molecular complexity index is 588. The lowest BCUT2D eigenvalue weighted by Crippen LogP contribution is -2.40. The molecule has 0 fully saturated rings. The van der Waals surface area contributed by atoms with Crippen molar-refractivity contribution in [3.8, 4) is 0 Å². The van der Waals surface area contributed by atoms with E-state index in [4.69, 9.17) is 0 Å². The van der Waals surface area contributed by atoms with Gasteiger partial charge in [0, 0.05) is 19.3 Å². The summed E-state index contributed by atoms with van der Waals surface area (Å²) in [6, 6.07) is 13.6. The zero-order valence-electron chi connectivity index (χ0n) is 12.5. The second-order valence-electron chi connectivity index (χ2n) is 5.54. The van der Waals surface area contributed by atoms with Gasteiger partial charge in [-0.05, 0) is 31.0 Å². The van der Waals surface area contributed by atoms with E-state index in [2.05, 4.69) is 5.32 Å². The standard InChI is InChI=1S/C17H22N2O2/c1-3-17(2,21)13-18-16(20)15-10-7-11-19(15)12-14-8-5-4-6-9-14/h4-11,21H,3,12-13H2,1-2H3,(H,18,20). The number of carbonyl (C=O) groups excluding carboxylic acids is 1. The van der Waals surface area contributed by atoms with Crippen LogP contribution in [0.5, 0.6) is 0 Å². The minimum Gasteiger partial charge on any atom is -0.388 e. The van der Waals surface area contributed by atoms with E-state index in [-0.39, 0.29) is 12.5 Å². The van der Waals surface area contributed by atoms with Crippen molar-refractivity contribution in [3.63, 3.8) is 0 Å². The molecular weight excluding hydrogens is 264 g/mol.